The zero-order valence-corrected chi connectivity index (χ0v) is 14.0. The average Bonchev–Trinajstić information content (AvgIpc) is 2.54. The standard InChI is InChI=1S/C18H14N2O3S/c1-11-15(12(2)21)8-13-9-18(24-14-6-4-3-5-7-14)17(20(22)23)10-16(13)19-11/h3-10H,1-2H3. The number of nitrogens with zero attached hydrogens (tertiary/aromatic N) is 2. The Morgan fingerprint density at radius 1 is 1.17 bits per heavy atom. The number of aryl methyl sites for hydroxylation is 1. The monoisotopic (exact) mass is 338 g/mol. The van der Waals surface area contributed by atoms with Gasteiger partial charge in [0.05, 0.1) is 15.3 Å². The van der Waals surface area contributed by atoms with Gasteiger partial charge < -0.3 is 0 Å². The maximum Gasteiger partial charge on any atom is 0.285 e. The molecule has 0 aliphatic carbocycles. The molecule has 24 heavy (non-hydrogen) atoms. The molecule has 2 aromatic carbocycles. The minimum atomic E-state index is -0.402. The molecule has 0 atom stereocenters. The van der Waals surface area contributed by atoms with Crippen LogP contribution in [0.5, 0.6) is 0 Å². The van der Waals surface area contributed by atoms with Gasteiger partial charge in [-0.1, -0.05) is 30.0 Å². The van der Waals surface area contributed by atoms with E-state index in [0.717, 1.165) is 10.3 Å². The van der Waals surface area contributed by atoms with Crippen molar-refractivity contribution < 1.29 is 9.72 Å². The quantitative estimate of drug-likeness (QED) is 0.388. The first kappa shape index (κ1) is 16.1. The highest BCUT2D eigenvalue weighted by atomic mass is 32.2. The molecule has 0 fully saturated rings. The first-order valence-electron chi connectivity index (χ1n) is 7.29. The summed E-state index contributed by atoms with van der Waals surface area (Å²) in [6, 6.07) is 14.4. The Bertz CT molecular complexity index is 955. The molecule has 120 valence electrons. The van der Waals surface area contributed by atoms with Crippen LogP contribution in [0.4, 0.5) is 5.69 Å². The van der Waals surface area contributed by atoms with Gasteiger partial charge in [-0.2, -0.15) is 0 Å². The molecule has 0 aliphatic rings. The van der Waals surface area contributed by atoms with Crippen LogP contribution >= 0.6 is 11.8 Å². The van der Waals surface area contributed by atoms with E-state index in [1.54, 1.807) is 19.1 Å². The molecule has 0 saturated heterocycles. The van der Waals surface area contributed by atoms with Crippen molar-refractivity contribution >= 4 is 34.1 Å². The lowest BCUT2D eigenvalue weighted by Crippen LogP contribution is -2.00. The Morgan fingerprint density at radius 2 is 1.88 bits per heavy atom. The number of nitro benzene ring substituents is 1. The van der Waals surface area contributed by atoms with E-state index in [1.807, 2.05) is 30.3 Å². The summed E-state index contributed by atoms with van der Waals surface area (Å²) in [5.74, 6) is -0.0717. The van der Waals surface area contributed by atoms with Crippen molar-refractivity contribution in [1.82, 2.24) is 4.98 Å². The number of hydrogen-bond donors (Lipinski definition) is 0. The molecule has 1 heterocycles. The van der Waals surface area contributed by atoms with Crippen molar-refractivity contribution in [3.63, 3.8) is 0 Å². The molecule has 0 N–H and O–H groups in total. The molecule has 3 aromatic rings. The molecule has 0 aliphatic heterocycles. The molecular weight excluding hydrogens is 324 g/mol. The summed E-state index contributed by atoms with van der Waals surface area (Å²) in [6.07, 6.45) is 0. The highest BCUT2D eigenvalue weighted by molar-refractivity contribution is 7.99. The van der Waals surface area contributed by atoms with Crippen LogP contribution in [-0.2, 0) is 0 Å². The molecule has 5 nitrogen and oxygen atoms in total. The summed E-state index contributed by atoms with van der Waals surface area (Å²) in [7, 11) is 0. The van der Waals surface area contributed by atoms with E-state index in [2.05, 4.69) is 4.98 Å². The van der Waals surface area contributed by atoms with E-state index in [1.165, 1.54) is 24.8 Å². The number of aromatic nitrogens is 1. The van der Waals surface area contributed by atoms with E-state index in [0.29, 0.717) is 21.7 Å². The van der Waals surface area contributed by atoms with Crippen LogP contribution in [0.1, 0.15) is 23.0 Å². The zero-order chi connectivity index (χ0) is 17.3. The van der Waals surface area contributed by atoms with Gasteiger partial charge in [0, 0.05) is 27.6 Å². The maximum absolute atomic E-state index is 11.7. The van der Waals surface area contributed by atoms with Gasteiger partial charge >= 0.3 is 0 Å². The molecule has 0 amide bonds. The minimum absolute atomic E-state index is 0.0128. The fraction of sp³-hybridized carbons (Fsp3) is 0.111. The van der Waals surface area contributed by atoms with Crippen LogP contribution in [0.3, 0.4) is 0 Å². The molecule has 0 unspecified atom stereocenters. The van der Waals surface area contributed by atoms with Gasteiger partial charge in [0.25, 0.3) is 5.69 Å². The van der Waals surface area contributed by atoms with Crippen molar-refractivity contribution in [3.05, 3.63) is 69.9 Å². The highest BCUT2D eigenvalue weighted by Gasteiger charge is 2.18. The molecule has 0 spiro atoms. The van der Waals surface area contributed by atoms with Gasteiger partial charge in [0.1, 0.15) is 0 Å². The zero-order valence-electron chi connectivity index (χ0n) is 13.1. The van der Waals surface area contributed by atoms with E-state index >= 15 is 0 Å². The number of nitro groups is 1. The fourth-order valence-electron chi connectivity index (χ4n) is 2.48. The van der Waals surface area contributed by atoms with Crippen LogP contribution < -0.4 is 0 Å². The number of hydrogen-bond acceptors (Lipinski definition) is 5. The summed E-state index contributed by atoms with van der Waals surface area (Å²) in [6.45, 7) is 3.22. The Labute approximate surface area is 142 Å². The molecular formula is C18H14N2O3S. The summed E-state index contributed by atoms with van der Waals surface area (Å²) in [5, 5.41) is 12.1. The van der Waals surface area contributed by atoms with Gasteiger partial charge in [0.2, 0.25) is 0 Å². The second-order valence-electron chi connectivity index (χ2n) is 5.36. The Hall–Kier alpha value is -2.73. The van der Waals surface area contributed by atoms with Crippen LogP contribution in [0.25, 0.3) is 10.9 Å². The third-order valence-electron chi connectivity index (χ3n) is 3.63. The second kappa shape index (κ2) is 6.41. The number of Topliss-reactive ketones (excluding diaryl/α,β-unsaturated/α-hetero) is 1. The van der Waals surface area contributed by atoms with Crippen LogP contribution in [0, 0.1) is 17.0 Å². The highest BCUT2D eigenvalue weighted by Crippen LogP contribution is 2.37. The summed E-state index contributed by atoms with van der Waals surface area (Å²) in [5.41, 5.74) is 1.64. The van der Waals surface area contributed by atoms with Gasteiger partial charge in [-0.25, -0.2) is 0 Å². The molecule has 1 aromatic heterocycles. The van der Waals surface area contributed by atoms with Crippen molar-refractivity contribution in [2.24, 2.45) is 0 Å². The number of ketones is 1. The number of rotatable bonds is 4. The predicted octanol–water partition coefficient (Wildman–Crippen LogP) is 4.81. The Kier molecular flexibility index (Phi) is 4.31. The Morgan fingerprint density at radius 3 is 2.50 bits per heavy atom. The second-order valence-corrected chi connectivity index (χ2v) is 6.48. The smallest absolute Gasteiger partial charge is 0.285 e. The van der Waals surface area contributed by atoms with E-state index < -0.39 is 4.92 Å². The predicted molar refractivity (Wildman–Crippen MR) is 93.7 cm³/mol. The summed E-state index contributed by atoms with van der Waals surface area (Å²) >= 11 is 1.32. The van der Waals surface area contributed by atoms with E-state index in [-0.39, 0.29) is 11.5 Å². The number of carbonyl (C=O) groups excluding carboxylic acids is 1. The molecule has 0 bridgehead atoms. The average molecular weight is 338 g/mol. The SMILES string of the molecule is CC(=O)c1cc2cc(Sc3ccccc3)c([N+](=O)[O-])cc2nc1C. The third kappa shape index (κ3) is 3.14. The molecule has 0 radical (unpaired) electrons. The lowest BCUT2D eigenvalue weighted by molar-refractivity contribution is -0.387. The number of fused-ring (bicyclic) bond motifs is 1. The maximum atomic E-state index is 11.7. The van der Waals surface area contributed by atoms with E-state index in [9.17, 15) is 14.9 Å². The topological polar surface area (TPSA) is 73.1 Å². The lowest BCUT2D eigenvalue weighted by atomic mass is 10.1. The first-order chi connectivity index (χ1) is 11.5. The molecule has 6 heteroatoms. The molecule has 0 saturated carbocycles. The fourth-order valence-corrected chi connectivity index (χ4v) is 3.45. The van der Waals surface area contributed by atoms with Crippen molar-refractivity contribution in [1.29, 1.82) is 0 Å². The normalized spacial score (nSPS) is 10.8. The summed E-state index contributed by atoms with van der Waals surface area (Å²) < 4.78 is 0. The van der Waals surface area contributed by atoms with Gasteiger partial charge in [-0.15, -0.1) is 0 Å². The van der Waals surface area contributed by atoms with Gasteiger partial charge in [0.15, 0.2) is 5.78 Å². The van der Waals surface area contributed by atoms with Crippen molar-refractivity contribution in [2.75, 3.05) is 0 Å². The first-order valence-corrected chi connectivity index (χ1v) is 8.11. The summed E-state index contributed by atoms with van der Waals surface area (Å²) in [4.78, 5) is 28.5. The van der Waals surface area contributed by atoms with Gasteiger partial charge in [-0.3, -0.25) is 19.9 Å². The minimum Gasteiger partial charge on any atom is -0.294 e. The lowest BCUT2D eigenvalue weighted by Gasteiger charge is -2.08. The Balaban J connectivity index is 2.19. The van der Waals surface area contributed by atoms with Crippen LogP contribution in [0.15, 0.2) is 58.3 Å². The van der Waals surface area contributed by atoms with Gasteiger partial charge in [-0.05, 0) is 38.1 Å². The molecule has 3 rings (SSSR count). The number of pyridine rings is 1. The number of carbonyl (C=O) groups is 1. The van der Waals surface area contributed by atoms with Crippen molar-refractivity contribution in [2.45, 2.75) is 23.6 Å². The van der Waals surface area contributed by atoms with Crippen molar-refractivity contribution in [3.8, 4) is 0 Å². The van der Waals surface area contributed by atoms with E-state index in [4.69, 9.17) is 0 Å². The third-order valence-corrected chi connectivity index (χ3v) is 4.69. The largest absolute Gasteiger partial charge is 0.294 e. The number of benzene rings is 2. The van der Waals surface area contributed by atoms with Crippen LogP contribution in [0.2, 0.25) is 0 Å². The van der Waals surface area contributed by atoms with Crippen LogP contribution in [-0.4, -0.2) is 15.7 Å².